The summed E-state index contributed by atoms with van der Waals surface area (Å²) in [4.78, 5) is 41.2. The Morgan fingerprint density at radius 3 is 2.89 bits per heavy atom. The van der Waals surface area contributed by atoms with Crippen LogP contribution >= 0.6 is 27.3 Å². The molecule has 1 aromatic heterocycles. The highest BCUT2D eigenvalue weighted by atomic mass is 79.9. The van der Waals surface area contributed by atoms with Gasteiger partial charge in [0.2, 0.25) is 5.91 Å². The van der Waals surface area contributed by atoms with Crippen LogP contribution in [-0.4, -0.2) is 72.3 Å². The molecule has 3 heterocycles. The zero-order valence-corrected chi connectivity index (χ0v) is 17.5. The molecule has 0 saturated carbocycles. The van der Waals surface area contributed by atoms with E-state index >= 15 is 0 Å². The van der Waals surface area contributed by atoms with Crippen molar-refractivity contribution >= 4 is 44.9 Å². The van der Waals surface area contributed by atoms with Crippen LogP contribution in [0.4, 0.5) is 0 Å². The average molecular weight is 466 g/mol. The zero-order chi connectivity index (χ0) is 19.7. The number of allylic oxidation sites excluding steroid dienone is 1. The van der Waals surface area contributed by atoms with Gasteiger partial charge in [0.25, 0.3) is 5.91 Å². The van der Waals surface area contributed by atoms with E-state index in [2.05, 4.69) is 26.1 Å². The number of thiophene rings is 1. The molecule has 2 aliphatic heterocycles. The Morgan fingerprint density at radius 2 is 2.18 bits per heavy atom. The van der Waals surface area contributed by atoms with Crippen LogP contribution in [0.5, 0.6) is 0 Å². The molecule has 148 valence electrons. The molecular weight excluding hydrogens is 446 g/mol. The molecule has 2 saturated heterocycles. The lowest BCUT2D eigenvalue weighted by molar-refractivity contribution is -0.147. The monoisotopic (exact) mass is 465 g/mol. The molecule has 4 rings (SSSR count). The van der Waals surface area contributed by atoms with Gasteiger partial charge in [0.05, 0.1) is 11.5 Å². The lowest BCUT2D eigenvalue weighted by atomic mass is 10.0. The third kappa shape index (κ3) is 4.06. The summed E-state index contributed by atoms with van der Waals surface area (Å²) in [5.74, 6) is -0.323. The molecule has 0 radical (unpaired) electrons. The number of amides is 2. The number of hydrogen-bond acceptors (Lipinski definition) is 6. The maximum atomic E-state index is 12.6. The van der Waals surface area contributed by atoms with Gasteiger partial charge in [-0.3, -0.25) is 14.4 Å². The summed E-state index contributed by atoms with van der Waals surface area (Å²) >= 11 is 4.76. The molecule has 9 heteroatoms. The van der Waals surface area contributed by atoms with Crippen LogP contribution in [0, 0.1) is 0 Å². The maximum Gasteiger partial charge on any atom is 0.261 e. The summed E-state index contributed by atoms with van der Waals surface area (Å²) in [5.41, 5.74) is 0.831. The predicted octanol–water partition coefficient (Wildman–Crippen LogP) is 1.56. The first kappa shape index (κ1) is 19.4. The summed E-state index contributed by atoms with van der Waals surface area (Å²) < 4.78 is 6.03. The van der Waals surface area contributed by atoms with Gasteiger partial charge in [0.1, 0.15) is 12.6 Å². The van der Waals surface area contributed by atoms with Gasteiger partial charge in [-0.2, -0.15) is 0 Å². The molecule has 7 nitrogen and oxygen atoms in total. The molecule has 28 heavy (non-hydrogen) atoms. The van der Waals surface area contributed by atoms with Crippen LogP contribution in [-0.2, 0) is 14.3 Å². The summed E-state index contributed by atoms with van der Waals surface area (Å²) in [5, 5.41) is 4.94. The van der Waals surface area contributed by atoms with Crippen LogP contribution in [0.3, 0.4) is 0 Å². The van der Waals surface area contributed by atoms with Gasteiger partial charge in [-0.1, -0.05) is 6.08 Å². The van der Waals surface area contributed by atoms with Crippen LogP contribution in [0.2, 0.25) is 0 Å². The van der Waals surface area contributed by atoms with Crippen molar-refractivity contribution in [2.45, 2.75) is 18.5 Å². The molecule has 1 aliphatic carbocycles. The van der Waals surface area contributed by atoms with E-state index in [1.54, 1.807) is 17.1 Å². The third-order valence-electron chi connectivity index (χ3n) is 5.07. The second-order valence-electron chi connectivity index (χ2n) is 6.95. The van der Waals surface area contributed by atoms with Crippen molar-refractivity contribution in [3.8, 4) is 0 Å². The van der Waals surface area contributed by atoms with Gasteiger partial charge >= 0.3 is 0 Å². The van der Waals surface area contributed by atoms with Crippen LogP contribution in [0.25, 0.3) is 0 Å². The first-order valence-corrected chi connectivity index (χ1v) is 10.8. The highest BCUT2D eigenvalue weighted by Crippen LogP contribution is 2.23. The van der Waals surface area contributed by atoms with E-state index in [9.17, 15) is 14.4 Å². The predicted molar refractivity (Wildman–Crippen MR) is 108 cm³/mol. The third-order valence-corrected chi connectivity index (χ3v) is 6.76. The second kappa shape index (κ2) is 8.18. The van der Waals surface area contributed by atoms with Crippen LogP contribution < -0.4 is 5.32 Å². The lowest BCUT2D eigenvalue weighted by Gasteiger charge is -2.33. The molecule has 0 spiro atoms. The minimum Gasteiger partial charge on any atom is -0.370 e. The second-order valence-corrected chi connectivity index (χ2v) is 8.78. The van der Waals surface area contributed by atoms with Crippen molar-refractivity contribution in [3.63, 3.8) is 0 Å². The number of carbonyl (C=O) groups is 3. The highest BCUT2D eigenvalue weighted by Gasteiger charge is 2.33. The Balaban J connectivity index is 1.35. The Labute approximate surface area is 175 Å². The average Bonchev–Trinajstić information content (AvgIpc) is 3.31. The highest BCUT2D eigenvalue weighted by molar-refractivity contribution is 9.10. The van der Waals surface area contributed by atoms with Gasteiger partial charge in [0, 0.05) is 47.3 Å². The topological polar surface area (TPSA) is 79.0 Å². The normalized spacial score (nSPS) is 25.2. The smallest absolute Gasteiger partial charge is 0.261 e. The van der Waals surface area contributed by atoms with E-state index in [4.69, 9.17) is 4.74 Å². The van der Waals surface area contributed by atoms with E-state index < -0.39 is 6.04 Å². The maximum absolute atomic E-state index is 12.6. The molecule has 2 amide bonds. The van der Waals surface area contributed by atoms with E-state index in [1.807, 2.05) is 17.5 Å². The van der Waals surface area contributed by atoms with E-state index in [0.29, 0.717) is 24.6 Å². The molecule has 1 aromatic rings. The Morgan fingerprint density at radius 1 is 1.32 bits per heavy atom. The number of ketones is 1. The van der Waals surface area contributed by atoms with Crippen molar-refractivity contribution in [1.29, 1.82) is 0 Å². The van der Waals surface area contributed by atoms with Gasteiger partial charge in [-0.05, 0) is 34.5 Å². The number of nitrogens with one attached hydrogen (secondary N) is 1. The fraction of sp³-hybridized carbons (Fsp3) is 0.421. The number of morpholine rings is 1. The minimum atomic E-state index is -0.546. The number of likely N-dealkylation sites (tertiary alicyclic amines) is 1. The fourth-order valence-electron chi connectivity index (χ4n) is 3.64. The minimum absolute atomic E-state index is 0.0303. The Kier molecular flexibility index (Phi) is 5.65. The molecule has 3 aliphatic rings. The number of rotatable bonds is 4. The lowest BCUT2D eigenvalue weighted by Crippen LogP contribution is -2.50. The zero-order valence-electron chi connectivity index (χ0n) is 15.1. The number of nitrogens with zero attached hydrogens (tertiary/aromatic N) is 2. The van der Waals surface area contributed by atoms with Gasteiger partial charge in [-0.25, -0.2) is 0 Å². The van der Waals surface area contributed by atoms with Crippen molar-refractivity contribution < 1.29 is 19.1 Å². The van der Waals surface area contributed by atoms with Crippen molar-refractivity contribution in [1.82, 2.24) is 15.1 Å². The molecule has 1 N–H and O–H groups in total. The summed E-state index contributed by atoms with van der Waals surface area (Å²) in [6.45, 7) is 2.34. The van der Waals surface area contributed by atoms with Gasteiger partial charge < -0.3 is 19.9 Å². The van der Waals surface area contributed by atoms with Gasteiger partial charge in [0.15, 0.2) is 5.78 Å². The Hall–Kier alpha value is -1.97. The largest absolute Gasteiger partial charge is 0.370 e. The molecule has 0 aromatic carbocycles. The standard InChI is InChI=1S/C19H20BrN3O4S/c20-12-7-17(28-11-12)19(26)21-13-3-4-22(9-13)14-1-2-15(16(24)8-14)23-5-6-27-10-18(23)25/h1-2,7-8,11,13,15H,3-6,9-10H2,(H,21,26)/t13-,15?/m1/s1. The number of ether oxygens (including phenoxy) is 1. The molecule has 0 bridgehead atoms. The first-order chi connectivity index (χ1) is 13.5. The van der Waals surface area contributed by atoms with E-state index in [0.717, 1.165) is 23.1 Å². The van der Waals surface area contributed by atoms with Gasteiger partial charge in [-0.15, -0.1) is 11.3 Å². The van der Waals surface area contributed by atoms with Crippen molar-refractivity contribution in [2.75, 3.05) is 32.8 Å². The number of halogens is 1. The van der Waals surface area contributed by atoms with Crippen LogP contribution in [0.15, 0.2) is 39.8 Å². The molecule has 2 atom stereocenters. The quantitative estimate of drug-likeness (QED) is 0.729. The summed E-state index contributed by atoms with van der Waals surface area (Å²) in [6, 6.07) is 1.30. The summed E-state index contributed by atoms with van der Waals surface area (Å²) in [7, 11) is 0. The first-order valence-electron chi connectivity index (χ1n) is 9.12. The fourth-order valence-corrected chi connectivity index (χ4v) is 4.97. The molecule has 2 fully saturated rings. The summed E-state index contributed by atoms with van der Waals surface area (Å²) in [6.07, 6.45) is 6.11. The molecule has 1 unspecified atom stereocenters. The molecular formula is C19H20BrN3O4S. The van der Waals surface area contributed by atoms with Crippen LogP contribution in [0.1, 0.15) is 16.1 Å². The van der Waals surface area contributed by atoms with E-state index in [1.165, 1.54) is 11.3 Å². The van der Waals surface area contributed by atoms with Crippen molar-refractivity contribution in [3.05, 3.63) is 44.7 Å². The van der Waals surface area contributed by atoms with Crippen molar-refractivity contribution in [2.24, 2.45) is 0 Å². The number of carbonyl (C=O) groups excluding carboxylic acids is 3. The van der Waals surface area contributed by atoms with E-state index in [-0.39, 0.29) is 30.2 Å². The SMILES string of the molecule is O=C(N[C@@H]1CCN(C2=CC(=O)C(N3CCOCC3=O)C=C2)C1)c1cc(Br)cs1. The Bertz CT molecular complexity index is 865. The number of hydrogen-bond donors (Lipinski definition) is 1.